The topological polar surface area (TPSA) is 68.7 Å². The molecule has 1 amide bonds. The second kappa shape index (κ2) is 7.84. The molecule has 0 spiro atoms. The number of amides is 1. The standard InChI is InChI=1S/C15H19FN2O4/c1-21-14(19)5-7-18(10-12-3-2-8-22-12)15(20)11-4-6-17-13(16)9-11/h4,6,9,12H,2-3,5,7-8,10H2,1H3. The summed E-state index contributed by atoms with van der Waals surface area (Å²) in [6.45, 7) is 1.25. The fourth-order valence-corrected chi connectivity index (χ4v) is 2.36. The molecule has 0 saturated carbocycles. The van der Waals surface area contributed by atoms with Gasteiger partial charge in [0.25, 0.3) is 5.91 Å². The van der Waals surface area contributed by atoms with E-state index in [4.69, 9.17) is 4.74 Å². The lowest BCUT2D eigenvalue weighted by molar-refractivity contribution is -0.140. The van der Waals surface area contributed by atoms with Gasteiger partial charge in [-0.3, -0.25) is 9.59 Å². The number of carbonyl (C=O) groups is 2. The molecule has 2 rings (SSSR count). The van der Waals surface area contributed by atoms with Gasteiger partial charge in [-0.1, -0.05) is 0 Å². The van der Waals surface area contributed by atoms with Gasteiger partial charge in [0.1, 0.15) is 0 Å². The monoisotopic (exact) mass is 310 g/mol. The molecule has 1 aliphatic heterocycles. The second-order valence-corrected chi connectivity index (χ2v) is 5.08. The molecule has 1 fully saturated rings. The predicted octanol–water partition coefficient (Wildman–Crippen LogP) is 1.40. The van der Waals surface area contributed by atoms with E-state index in [0.29, 0.717) is 13.2 Å². The van der Waals surface area contributed by atoms with Crippen molar-refractivity contribution in [2.45, 2.75) is 25.4 Å². The first kappa shape index (κ1) is 16.4. The Kier molecular flexibility index (Phi) is 5.83. The van der Waals surface area contributed by atoms with Gasteiger partial charge in [-0.2, -0.15) is 4.39 Å². The van der Waals surface area contributed by atoms with E-state index in [9.17, 15) is 14.0 Å². The largest absolute Gasteiger partial charge is 0.469 e. The van der Waals surface area contributed by atoms with Gasteiger partial charge in [0, 0.05) is 37.5 Å². The molecule has 7 heteroatoms. The summed E-state index contributed by atoms with van der Waals surface area (Å²) in [4.78, 5) is 28.8. The molecule has 0 aliphatic carbocycles. The number of rotatable bonds is 6. The van der Waals surface area contributed by atoms with Crippen molar-refractivity contribution in [2.24, 2.45) is 0 Å². The zero-order valence-corrected chi connectivity index (χ0v) is 12.5. The zero-order chi connectivity index (χ0) is 15.9. The molecule has 0 aromatic carbocycles. The van der Waals surface area contributed by atoms with Crippen LogP contribution >= 0.6 is 0 Å². The fraction of sp³-hybridized carbons (Fsp3) is 0.533. The van der Waals surface area contributed by atoms with Gasteiger partial charge in [-0.15, -0.1) is 0 Å². The minimum absolute atomic E-state index is 0.0479. The van der Waals surface area contributed by atoms with E-state index >= 15 is 0 Å². The molecule has 0 N–H and O–H groups in total. The van der Waals surface area contributed by atoms with Crippen LogP contribution in [0.1, 0.15) is 29.6 Å². The number of hydrogen-bond donors (Lipinski definition) is 0. The molecule has 0 radical (unpaired) electrons. The summed E-state index contributed by atoms with van der Waals surface area (Å²) < 4.78 is 23.3. The number of hydrogen-bond acceptors (Lipinski definition) is 5. The Morgan fingerprint density at radius 3 is 3.00 bits per heavy atom. The molecular formula is C15H19FN2O4. The lowest BCUT2D eigenvalue weighted by Crippen LogP contribution is -2.39. The van der Waals surface area contributed by atoms with Crippen molar-refractivity contribution in [3.63, 3.8) is 0 Å². The molecule has 1 unspecified atom stereocenters. The molecule has 1 atom stereocenters. The summed E-state index contributed by atoms with van der Waals surface area (Å²) in [5, 5.41) is 0. The first-order valence-corrected chi connectivity index (χ1v) is 7.19. The first-order chi connectivity index (χ1) is 10.6. The first-order valence-electron chi connectivity index (χ1n) is 7.19. The third-order valence-corrected chi connectivity index (χ3v) is 3.52. The van der Waals surface area contributed by atoms with E-state index in [-0.39, 0.29) is 30.5 Å². The summed E-state index contributed by atoms with van der Waals surface area (Å²) in [7, 11) is 1.30. The van der Waals surface area contributed by atoms with Crippen LogP contribution in [0.25, 0.3) is 0 Å². The number of pyridine rings is 1. The van der Waals surface area contributed by atoms with Gasteiger partial charge in [-0.25, -0.2) is 4.98 Å². The Hall–Kier alpha value is -2.02. The molecule has 2 heterocycles. The Morgan fingerprint density at radius 1 is 1.55 bits per heavy atom. The predicted molar refractivity (Wildman–Crippen MR) is 75.7 cm³/mol. The van der Waals surface area contributed by atoms with E-state index in [1.54, 1.807) is 0 Å². The van der Waals surface area contributed by atoms with E-state index < -0.39 is 11.9 Å². The number of ether oxygens (including phenoxy) is 2. The van der Waals surface area contributed by atoms with Gasteiger partial charge < -0.3 is 14.4 Å². The summed E-state index contributed by atoms with van der Waals surface area (Å²) in [5.74, 6) is -1.46. The Bertz CT molecular complexity index is 532. The minimum atomic E-state index is -0.712. The van der Waals surface area contributed by atoms with Crippen molar-refractivity contribution < 1.29 is 23.5 Å². The number of aromatic nitrogens is 1. The summed E-state index contributed by atoms with van der Waals surface area (Å²) in [6, 6.07) is 2.54. The quantitative estimate of drug-likeness (QED) is 0.587. The highest BCUT2D eigenvalue weighted by Crippen LogP contribution is 2.15. The number of esters is 1. The molecule has 6 nitrogen and oxygen atoms in total. The van der Waals surface area contributed by atoms with Gasteiger partial charge in [0.2, 0.25) is 5.95 Å². The van der Waals surface area contributed by atoms with Crippen LogP contribution in [0.3, 0.4) is 0 Å². The smallest absolute Gasteiger partial charge is 0.307 e. The lowest BCUT2D eigenvalue weighted by Gasteiger charge is -2.25. The average Bonchev–Trinajstić information content (AvgIpc) is 3.03. The Labute approximate surface area is 128 Å². The highest BCUT2D eigenvalue weighted by atomic mass is 19.1. The van der Waals surface area contributed by atoms with E-state index in [1.165, 1.54) is 24.3 Å². The second-order valence-electron chi connectivity index (χ2n) is 5.08. The number of halogens is 1. The molecule has 0 bridgehead atoms. The number of methoxy groups -OCH3 is 1. The van der Waals surface area contributed by atoms with Crippen LogP contribution in [-0.2, 0) is 14.3 Å². The van der Waals surface area contributed by atoms with Crippen LogP contribution in [0.5, 0.6) is 0 Å². The van der Waals surface area contributed by atoms with Crippen molar-refractivity contribution in [1.29, 1.82) is 0 Å². The summed E-state index contributed by atoms with van der Waals surface area (Å²) >= 11 is 0. The molecular weight excluding hydrogens is 291 g/mol. The molecule has 22 heavy (non-hydrogen) atoms. The summed E-state index contributed by atoms with van der Waals surface area (Å²) in [6.07, 6.45) is 3.10. The normalized spacial score (nSPS) is 17.3. The maximum Gasteiger partial charge on any atom is 0.307 e. The van der Waals surface area contributed by atoms with Crippen LogP contribution < -0.4 is 0 Å². The van der Waals surface area contributed by atoms with Crippen LogP contribution in [0, 0.1) is 5.95 Å². The maximum absolute atomic E-state index is 13.2. The molecule has 1 aliphatic rings. The molecule has 1 aromatic heterocycles. The third kappa shape index (κ3) is 4.49. The molecule has 120 valence electrons. The van der Waals surface area contributed by atoms with Gasteiger partial charge >= 0.3 is 5.97 Å². The molecule has 1 saturated heterocycles. The maximum atomic E-state index is 13.2. The minimum Gasteiger partial charge on any atom is -0.469 e. The van der Waals surface area contributed by atoms with E-state index in [1.807, 2.05) is 0 Å². The fourth-order valence-electron chi connectivity index (χ4n) is 2.36. The summed E-state index contributed by atoms with van der Waals surface area (Å²) in [5.41, 5.74) is 0.204. The van der Waals surface area contributed by atoms with Crippen molar-refractivity contribution in [3.05, 3.63) is 29.8 Å². The average molecular weight is 310 g/mol. The van der Waals surface area contributed by atoms with Gasteiger partial charge in [0.15, 0.2) is 0 Å². The van der Waals surface area contributed by atoms with Crippen LogP contribution in [0.4, 0.5) is 4.39 Å². The Balaban J connectivity index is 2.07. The van der Waals surface area contributed by atoms with Crippen LogP contribution in [-0.4, -0.2) is 54.7 Å². The lowest BCUT2D eigenvalue weighted by atomic mass is 10.2. The number of nitrogens with zero attached hydrogens (tertiary/aromatic N) is 2. The van der Waals surface area contributed by atoms with Crippen molar-refractivity contribution in [1.82, 2.24) is 9.88 Å². The Morgan fingerprint density at radius 2 is 2.36 bits per heavy atom. The van der Waals surface area contributed by atoms with Crippen molar-refractivity contribution >= 4 is 11.9 Å². The zero-order valence-electron chi connectivity index (χ0n) is 12.5. The molecule has 1 aromatic rings. The van der Waals surface area contributed by atoms with E-state index in [2.05, 4.69) is 9.72 Å². The number of carbonyl (C=O) groups excluding carboxylic acids is 2. The van der Waals surface area contributed by atoms with Crippen LogP contribution in [0.2, 0.25) is 0 Å². The van der Waals surface area contributed by atoms with Crippen molar-refractivity contribution in [3.8, 4) is 0 Å². The van der Waals surface area contributed by atoms with Crippen molar-refractivity contribution in [2.75, 3.05) is 26.8 Å². The SMILES string of the molecule is COC(=O)CCN(CC1CCCO1)C(=O)c1ccnc(F)c1. The highest BCUT2D eigenvalue weighted by Gasteiger charge is 2.24. The van der Waals surface area contributed by atoms with Gasteiger partial charge in [-0.05, 0) is 18.9 Å². The third-order valence-electron chi connectivity index (χ3n) is 3.52. The highest BCUT2D eigenvalue weighted by molar-refractivity contribution is 5.94. The van der Waals surface area contributed by atoms with E-state index in [0.717, 1.165) is 18.9 Å². The van der Waals surface area contributed by atoms with Crippen LogP contribution in [0.15, 0.2) is 18.3 Å². The van der Waals surface area contributed by atoms with Gasteiger partial charge in [0.05, 0.1) is 19.6 Å².